The van der Waals surface area contributed by atoms with Gasteiger partial charge in [-0.1, -0.05) is 6.07 Å². The average Bonchev–Trinajstić information content (AvgIpc) is 2.57. The van der Waals surface area contributed by atoms with Gasteiger partial charge in [-0.15, -0.1) is 0 Å². The Labute approximate surface area is 155 Å². The normalized spacial score (nSPS) is 11.8. The summed E-state index contributed by atoms with van der Waals surface area (Å²) in [6.45, 7) is 9.21. The van der Waals surface area contributed by atoms with Crippen LogP contribution in [-0.4, -0.2) is 36.7 Å². The zero-order valence-corrected chi connectivity index (χ0v) is 16.8. The second kappa shape index (κ2) is 7.55. The SMILES string of the molecule is Cc1cc(C)c(NC(=O)c2cccc(S(=O)(=O)N(C)C(C)C)c2)c(C)n1. The summed E-state index contributed by atoms with van der Waals surface area (Å²) >= 11 is 0. The van der Waals surface area contributed by atoms with Crippen molar-refractivity contribution >= 4 is 21.6 Å². The minimum absolute atomic E-state index is 0.0943. The van der Waals surface area contributed by atoms with Crippen LogP contribution in [0.5, 0.6) is 0 Å². The molecule has 7 heteroatoms. The van der Waals surface area contributed by atoms with Crippen molar-refractivity contribution in [3.63, 3.8) is 0 Å². The molecule has 0 aliphatic heterocycles. The molecule has 2 rings (SSSR count). The molecule has 26 heavy (non-hydrogen) atoms. The largest absolute Gasteiger partial charge is 0.320 e. The highest BCUT2D eigenvalue weighted by Crippen LogP contribution is 2.22. The van der Waals surface area contributed by atoms with Gasteiger partial charge in [0.1, 0.15) is 0 Å². The summed E-state index contributed by atoms with van der Waals surface area (Å²) in [5.41, 5.74) is 3.43. The zero-order chi connectivity index (χ0) is 19.6. The number of hydrogen-bond donors (Lipinski definition) is 1. The first kappa shape index (κ1) is 20.1. The van der Waals surface area contributed by atoms with Crippen LogP contribution in [0.1, 0.15) is 41.2 Å². The van der Waals surface area contributed by atoms with Crippen molar-refractivity contribution in [1.82, 2.24) is 9.29 Å². The van der Waals surface area contributed by atoms with Crippen molar-refractivity contribution in [2.24, 2.45) is 0 Å². The number of aryl methyl sites for hydroxylation is 3. The smallest absolute Gasteiger partial charge is 0.255 e. The van der Waals surface area contributed by atoms with Crippen molar-refractivity contribution in [2.75, 3.05) is 12.4 Å². The minimum Gasteiger partial charge on any atom is -0.320 e. The summed E-state index contributed by atoms with van der Waals surface area (Å²) in [5.74, 6) is -0.369. The summed E-state index contributed by atoms with van der Waals surface area (Å²) in [6.07, 6.45) is 0. The molecule has 1 amide bonds. The maximum atomic E-state index is 12.6. The molecule has 0 aliphatic rings. The minimum atomic E-state index is -3.65. The van der Waals surface area contributed by atoms with Crippen LogP contribution in [0.2, 0.25) is 0 Å². The van der Waals surface area contributed by atoms with Crippen molar-refractivity contribution in [3.8, 4) is 0 Å². The molecule has 0 bridgehead atoms. The van der Waals surface area contributed by atoms with Crippen molar-refractivity contribution in [3.05, 3.63) is 52.8 Å². The quantitative estimate of drug-likeness (QED) is 0.870. The van der Waals surface area contributed by atoms with E-state index < -0.39 is 10.0 Å². The molecular weight excluding hydrogens is 350 g/mol. The third-order valence-electron chi connectivity index (χ3n) is 4.26. The standard InChI is InChI=1S/C19H25N3O3S/c1-12(2)22(6)26(24,25)17-9-7-8-16(11-17)19(23)21-18-13(3)10-14(4)20-15(18)5/h7-12H,1-6H3,(H,21,23). The van der Waals surface area contributed by atoms with Gasteiger partial charge in [-0.2, -0.15) is 4.31 Å². The molecule has 1 heterocycles. The molecule has 0 spiro atoms. The molecule has 0 radical (unpaired) electrons. The molecule has 0 saturated carbocycles. The average molecular weight is 375 g/mol. The fraction of sp³-hybridized carbons (Fsp3) is 0.368. The maximum Gasteiger partial charge on any atom is 0.255 e. The highest BCUT2D eigenvalue weighted by molar-refractivity contribution is 7.89. The summed E-state index contributed by atoms with van der Waals surface area (Å²) in [5, 5.41) is 2.84. The van der Waals surface area contributed by atoms with Gasteiger partial charge >= 0.3 is 0 Å². The van der Waals surface area contributed by atoms with Crippen LogP contribution in [0.15, 0.2) is 35.2 Å². The number of sulfonamides is 1. The van der Waals surface area contributed by atoms with Gasteiger partial charge in [0, 0.05) is 24.3 Å². The third-order valence-corrected chi connectivity index (χ3v) is 6.29. The molecular formula is C19H25N3O3S. The molecule has 0 unspecified atom stereocenters. The number of carbonyl (C=O) groups is 1. The number of amides is 1. The van der Waals surface area contributed by atoms with Crippen LogP contribution < -0.4 is 5.32 Å². The monoisotopic (exact) mass is 375 g/mol. The van der Waals surface area contributed by atoms with E-state index in [4.69, 9.17) is 0 Å². The fourth-order valence-corrected chi connectivity index (χ4v) is 4.05. The summed E-state index contributed by atoms with van der Waals surface area (Å²) in [7, 11) is -2.12. The van der Waals surface area contributed by atoms with Crippen molar-refractivity contribution in [2.45, 2.75) is 45.6 Å². The lowest BCUT2D eigenvalue weighted by Gasteiger charge is -2.21. The van der Waals surface area contributed by atoms with Gasteiger partial charge in [0.2, 0.25) is 10.0 Å². The Bertz CT molecular complexity index is 914. The fourth-order valence-electron chi connectivity index (χ4n) is 2.64. The highest BCUT2D eigenvalue weighted by Gasteiger charge is 2.24. The number of benzene rings is 1. The summed E-state index contributed by atoms with van der Waals surface area (Å²) in [6, 6.07) is 7.77. The van der Waals surface area contributed by atoms with Gasteiger partial charge in [0.25, 0.3) is 5.91 Å². The second-order valence-electron chi connectivity index (χ2n) is 6.64. The van der Waals surface area contributed by atoms with Gasteiger partial charge in [0.05, 0.1) is 16.3 Å². The molecule has 2 aromatic rings. The van der Waals surface area contributed by atoms with Gasteiger partial charge in [0.15, 0.2) is 0 Å². The van der Waals surface area contributed by atoms with E-state index in [1.54, 1.807) is 26.0 Å². The predicted octanol–water partition coefficient (Wildman–Crippen LogP) is 3.29. The first-order valence-electron chi connectivity index (χ1n) is 8.38. The maximum absolute atomic E-state index is 12.6. The van der Waals surface area contributed by atoms with Crippen LogP contribution >= 0.6 is 0 Å². The van der Waals surface area contributed by atoms with Crippen LogP contribution in [0.3, 0.4) is 0 Å². The van der Waals surface area contributed by atoms with E-state index in [0.717, 1.165) is 17.0 Å². The molecule has 0 aliphatic carbocycles. The number of carbonyl (C=O) groups excluding carboxylic acids is 1. The lowest BCUT2D eigenvalue weighted by molar-refractivity contribution is 0.102. The molecule has 0 atom stereocenters. The molecule has 1 aromatic carbocycles. The number of nitrogens with zero attached hydrogens (tertiary/aromatic N) is 2. The third kappa shape index (κ3) is 4.11. The Morgan fingerprint density at radius 3 is 2.38 bits per heavy atom. The number of anilines is 1. The van der Waals surface area contributed by atoms with E-state index in [2.05, 4.69) is 10.3 Å². The van der Waals surface area contributed by atoms with Crippen LogP contribution in [0.4, 0.5) is 5.69 Å². The molecule has 1 N–H and O–H groups in total. The number of nitrogens with one attached hydrogen (secondary N) is 1. The van der Waals surface area contributed by atoms with Crippen molar-refractivity contribution < 1.29 is 13.2 Å². The Balaban J connectivity index is 2.35. The van der Waals surface area contributed by atoms with Crippen molar-refractivity contribution in [1.29, 1.82) is 0 Å². The Morgan fingerprint density at radius 1 is 1.15 bits per heavy atom. The molecule has 0 saturated heterocycles. The zero-order valence-electron chi connectivity index (χ0n) is 16.0. The summed E-state index contributed by atoms with van der Waals surface area (Å²) in [4.78, 5) is 17.1. The number of rotatable bonds is 5. The van der Waals surface area contributed by atoms with Gasteiger partial charge in [-0.05, 0) is 64.4 Å². The lowest BCUT2D eigenvalue weighted by atomic mass is 10.1. The second-order valence-corrected chi connectivity index (χ2v) is 8.64. The first-order valence-corrected chi connectivity index (χ1v) is 9.82. The number of hydrogen-bond acceptors (Lipinski definition) is 4. The Kier molecular flexibility index (Phi) is 5.83. The molecule has 0 fully saturated rings. The number of aromatic nitrogens is 1. The molecule has 140 valence electrons. The highest BCUT2D eigenvalue weighted by atomic mass is 32.2. The Morgan fingerprint density at radius 2 is 1.81 bits per heavy atom. The van der Waals surface area contributed by atoms with E-state index in [0.29, 0.717) is 5.69 Å². The van der Waals surface area contributed by atoms with Crippen LogP contribution in [0.25, 0.3) is 0 Å². The van der Waals surface area contributed by atoms with E-state index in [-0.39, 0.29) is 22.4 Å². The lowest BCUT2D eigenvalue weighted by Crippen LogP contribution is -2.33. The van der Waals surface area contributed by atoms with E-state index in [1.807, 2.05) is 26.8 Å². The van der Waals surface area contributed by atoms with Crippen LogP contribution in [-0.2, 0) is 10.0 Å². The van der Waals surface area contributed by atoms with Gasteiger partial charge in [-0.25, -0.2) is 8.42 Å². The van der Waals surface area contributed by atoms with E-state index >= 15 is 0 Å². The topological polar surface area (TPSA) is 79.4 Å². The van der Waals surface area contributed by atoms with Gasteiger partial charge in [-0.3, -0.25) is 9.78 Å². The van der Waals surface area contributed by atoms with E-state index in [9.17, 15) is 13.2 Å². The summed E-state index contributed by atoms with van der Waals surface area (Å²) < 4.78 is 26.6. The van der Waals surface area contributed by atoms with E-state index in [1.165, 1.54) is 23.5 Å². The first-order chi connectivity index (χ1) is 12.0. The number of pyridine rings is 1. The molecule has 6 nitrogen and oxygen atoms in total. The van der Waals surface area contributed by atoms with Crippen LogP contribution in [0, 0.1) is 20.8 Å². The van der Waals surface area contributed by atoms with Gasteiger partial charge < -0.3 is 5.32 Å². The predicted molar refractivity (Wildman–Crippen MR) is 103 cm³/mol. The Hall–Kier alpha value is -2.25. The molecule has 1 aromatic heterocycles.